The van der Waals surface area contributed by atoms with E-state index in [9.17, 15) is 4.79 Å². The summed E-state index contributed by atoms with van der Waals surface area (Å²) >= 11 is 0. The largest absolute Gasteiger partial charge is 0.386 e. The molecule has 0 unspecified atom stereocenters. The van der Waals surface area contributed by atoms with Crippen LogP contribution in [-0.2, 0) is 6.42 Å². The molecule has 6 heteroatoms. The van der Waals surface area contributed by atoms with Crippen molar-refractivity contribution in [2.45, 2.75) is 71.9 Å². The Balaban J connectivity index is 2.00. The van der Waals surface area contributed by atoms with Crippen molar-refractivity contribution in [1.82, 2.24) is 15.3 Å². The summed E-state index contributed by atoms with van der Waals surface area (Å²) in [5.41, 5.74) is 6.97. The number of hydrogen-bond donors (Lipinski definition) is 3. The summed E-state index contributed by atoms with van der Waals surface area (Å²) in [5, 5.41) is 6.98. The van der Waals surface area contributed by atoms with Crippen LogP contribution in [0.4, 0.5) is 5.82 Å². The maximum absolute atomic E-state index is 11.7. The summed E-state index contributed by atoms with van der Waals surface area (Å²) in [5.74, 6) is 1.73. The van der Waals surface area contributed by atoms with Crippen LogP contribution in [0.5, 0.6) is 0 Å². The van der Waals surface area contributed by atoms with E-state index in [1.165, 1.54) is 0 Å². The molecule has 1 fully saturated rings. The van der Waals surface area contributed by atoms with Crippen LogP contribution in [0.15, 0.2) is 18.5 Å². The van der Waals surface area contributed by atoms with Crippen LogP contribution >= 0.6 is 0 Å². The van der Waals surface area contributed by atoms with Gasteiger partial charge in [-0.25, -0.2) is 9.97 Å². The second kappa shape index (κ2) is 9.01. The van der Waals surface area contributed by atoms with Gasteiger partial charge in [0.2, 0.25) is 0 Å². The summed E-state index contributed by atoms with van der Waals surface area (Å²) in [6, 6.07) is 0.765. The van der Waals surface area contributed by atoms with Gasteiger partial charge >= 0.3 is 0 Å². The Labute approximate surface area is 157 Å². The number of amides is 1. The number of rotatable bonds is 8. The Bertz CT molecular complexity index is 633. The first-order chi connectivity index (χ1) is 12.3. The third-order valence-corrected chi connectivity index (χ3v) is 4.85. The minimum absolute atomic E-state index is 0.292. The van der Waals surface area contributed by atoms with E-state index >= 15 is 0 Å². The standard InChI is InChI=1S/C20H33N5O/c1-12(2)10-18-22-11-17(19(21)26)20(25-18)24-16-8-6-15(7-9-16)23-14(5)13(3)4/h11-13,15-16,23H,5-10H2,1-4H3,(H2,21,26)(H,22,24,25). The highest BCUT2D eigenvalue weighted by Gasteiger charge is 2.23. The lowest BCUT2D eigenvalue weighted by molar-refractivity contribution is 0.100. The van der Waals surface area contributed by atoms with Gasteiger partial charge in [0, 0.05) is 30.4 Å². The summed E-state index contributed by atoms with van der Waals surface area (Å²) in [6.45, 7) is 12.7. The number of allylic oxidation sites excluding steroid dienone is 1. The molecule has 1 amide bonds. The third-order valence-electron chi connectivity index (χ3n) is 4.85. The number of carbonyl (C=O) groups is 1. The second-order valence-electron chi connectivity index (χ2n) is 8.03. The maximum atomic E-state index is 11.7. The number of nitrogens with two attached hydrogens (primary N) is 1. The zero-order chi connectivity index (χ0) is 19.3. The van der Waals surface area contributed by atoms with Gasteiger partial charge in [-0.05, 0) is 37.5 Å². The van der Waals surface area contributed by atoms with E-state index in [-0.39, 0.29) is 0 Å². The van der Waals surface area contributed by atoms with E-state index in [4.69, 9.17) is 5.73 Å². The Hall–Kier alpha value is -2.11. The number of anilines is 1. The third kappa shape index (κ3) is 5.71. The van der Waals surface area contributed by atoms with Crippen LogP contribution in [0.25, 0.3) is 0 Å². The molecule has 1 heterocycles. The van der Waals surface area contributed by atoms with Crippen LogP contribution < -0.4 is 16.4 Å². The molecule has 1 aliphatic rings. The second-order valence-corrected chi connectivity index (χ2v) is 8.03. The van der Waals surface area contributed by atoms with E-state index in [1.807, 2.05) is 0 Å². The lowest BCUT2D eigenvalue weighted by Gasteiger charge is -2.32. The molecule has 0 radical (unpaired) electrons. The molecule has 0 atom stereocenters. The fraction of sp³-hybridized carbons (Fsp3) is 0.650. The van der Waals surface area contributed by atoms with E-state index in [0.29, 0.717) is 35.3 Å². The lowest BCUT2D eigenvalue weighted by atomic mass is 9.90. The molecule has 6 nitrogen and oxygen atoms in total. The van der Waals surface area contributed by atoms with Gasteiger partial charge in [0.15, 0.2) is 0 Å². The fourth-order valence-corrected chi connectivity index (χ4v) is 3.18. The van der Waals surface area contributed by atoms with Crippen molar-refractivity contribution in [2.75, 3.05) is 5.32 Å². The number of aromatic nitrogens is 2. The van der Waals surface area contributed by atoms with Crippen molar-refractivity contribution in [2.24, 2.45) is 17.6 Å². The molecule has 26 heavy (non-hydrogen) atoms. The normalized spacial score (nSPS) is 20.2. The van der Waals surface area contributed by atoms with Gasteiger partial charge < -0.3 is 16.4 Å². The van der Waals surface area contributed by atoms with Crippen molar-refractivity contribution in [3.8, 4) is 0 Å². The number of nitrogens with zero attached hydrogens (tertiary/aromatic N) is 2. The monoisotopic (exact) mass is 359 g/mol. The Morgan fingerprint density at radius 1 is 1.23 bits per heavy atom. The summed E-state index contributed by atoms with van der Waals surface area (Å²) < 4.78 is 0. The molecule has 0 spiro atoms. The fourth-order valence-electron chi connectivity index (χ4n) is 3.18. The number of nitrogens with one attached hydrogen (secondary N) is 2. The Morgan fingerprint density at radius 3 is 2.38 bits per heavy atom. The molecule has 4 N–H and O–H groups in total. The summed E-state index contributed by atoms with van der Waals surface area (Å²) in [4.78, 5) is 20.6. The number of carbonyl (C=O) groups excluding carboxylic acids is 1. The first-order valence-electron chi connectivity index (χ1n) is 9.63. The van der Waals surface area contributed by atoms with Crippen LogP contribution in [0.1, 0.15) is 69.6 Å². The SMILES string of the molecule is C=C(NC1CCC(Nc2nc(CC(C)C)ncc2C(N)=O)CC1)C(C)C. The maximum Gasteiger partial charge on any atom is 0.254 e. The Kier molecular flexibility index (Phi) is 7.00. The topological polar surface area (TPSA) is 92.9 Å². The predicted molar refractivity (Wildman–Crippen MR) is 106 cm³/mol. The minimum Gasteiger partial charge on any atom is -0.386 e. The molecule has 0 saturated heterocycles. The van der Waals surface area contributed by atoms with Crippen molar-refractivity contribution < 1.29 is 4.79 Å². The van der Waals surface area contributed by atoms with Crippen LogP contribution in [0.3, 0.4) is 0 Å². The van der Waals surface area contributed by atoms with Crippen molar-refractivity contribution >= 4 is 11.7 Å². The predicted octanol–water partition coefficient (Wildman–Crippen LogP) is 3.26. The average molecular weight is 360 g/mol. The van der Waals surface area contributed by atoms with Gasteiger partial charge in [-0.3, -0.25) is 4.79 Å². The summed E-state index contributed by atoms with van der Waals surface area (Å²) in [7, 11) is 0. The van der Waals surface area contributed by atoms with Crippen molar-refractivity contribution in [1.29, 1.82) is 0 Å². The molecule has 0 aliphatic heterocycles. The first-order valence-corrected chi connectivity index (χ1v) is 9.63. The summed E-state index contributed by atoms with van der Waals surface area (Å²) in [6.07, 6.45) is 6.50. The van der Waals surface area contributed by atoms with Crippen LogP contribution in [0, 0.1) is 11.8 Å². The van der Waals surface area contributed by atoms with Gasteiger partial charge in [0.05, 0.1) is 5.56 Å². The van der Waals surface area contributed by atoms with Gasteiger partial charge in [-0.2, -0.15) is 0 Å². The van der Waals surface area contributed by atoms with E-state index < -0.39 is 5.91 Å². The molecular formula is C20H33N5O. The molecule has 1 aromatic rings. The van der Waals surface area contributed by atoms with E-state index in [1.54, 1.807) is 6.20 Å². The quantitative estimate of drug-likeness (QED) is 0.662. The van der Waals surface area contributed by atoms with Crippen LogP contribution in [-0.4, -0.2) is 28.0 Å². The molecule has 2 rings (SSSR count). The van der Waals surface area contributed by atoms with Gasteiger partial charge in [0.1, 0.15) is 11.6 Å². The number of hydrogen-bond acceptors (Lipinski definition) is 5. The first kappa shape index (κ1) is 20.2. The molecule has 1 saturated carbocycles. The highest BCUT2D eigenvalue weighted by molar-refractivity contribution is 5.97. The molecular weight excluding hydrogens is 326 g/mol. The Morgan fingerprint density at radius 2 is 1.85 bits per heavy atom. The minimum atomic E-state index is -0.493. The van der Waals surface area contributed by atoms with E-state index in [2.05, 4.69) is 54.9 Å². The molecule has 1 aliphatic carbocycles. The van der Waals surface area contributed by atoms with E-state index in [0.717, 1.165) is 43.6 Å². The smallest absolute Gasteiger partial charge is 0.254 e. The highest BCUT2D eigenvalue weighted by atomic mass is 16.1. The van der Waals surface area contributed by atoms with Gasteiger partial charge in [-0.1, -0.05) is 34.3 Å². The highest BCUT2D eigenvalue weighted by Crippen LogP contribution is 2.24. The molecule has 144 valence electrons. The zero-order valence-corrected chi connectivity index (χ0v) is 16.5. The molecule has 1 aromatic heterocycles. The van der Waals surface area contributed by atoms with Crippen LogP contribution in [0.2, 0.25) is 0 Å². The zero-order valence-electron chi connectivity index (χ0n) is 16.5. The molecule has 0 aromatic carbocycles. The van der Waals surface area contributed by atoms with Gasteiger partial charge in [0.25, 0.3) is 5.91 Å². The number of primary amides is 1. The van der Waals surface area contributed by atoms with Crippen molar-refractivity contribution in [3.63, 3.8) is 0 Å². The molecule has 0 bridgehead atoms. The lowest BCUT2D eigenvalue weighted by Crippen LogP contribution is -2.37. The van der Waals surface area contributed by atoms with Crippen molar-refractivity contribution in [3.05, 3.63) is 29.9 Å². The average Bonchev–Trinajstić information content (AvgIpc) is 2.56. The van der Waals surface area contributed by atoms with Gasteiger partial charge in [-0.15, -0.1) is 0 Å².